The molecular formula is C22H25N3O2. The highest BCUT2D eigenvalue weighted by atomic mass is 16.2. The summed E-state index contributed by atoms with van der Waals surface area (Å²) in [6, 6.07) is 19.8. The van der Waals surface area contributed by atoms with E-state index in [4.69, 9.17) is 0 Å². The molecule has 5 nitrogen and oxygen atoms in total. The Balaban J connectivity index is 1.39. The molecule has 0 saturated carbocycles. The van der Waals surface area contributed by atoms with Gasteiger partial charge in [0, 0.05) is 39.3 Å². The van der Waals surface area contributed by atoms with Gasteiger partial charge in [0.05, 0.1) is 0 Å². The summed E-state index contributed by atoms with van der Waals surface area (Å²) in [7, 11) is 0. The van der Waals surface area contributed by atoms with Crippen LogP contribution in [0.4, 0.5) is 0 Å². The molecule has 2 amide bonds. The van der Waals surface area contributed by atoms with Crippen LogP contribution in [0.2, 0.25) is 0 Å². The summed E-state index contributed by atoms with van der Waals surface area (Å²) in [5.41, 5.74) is 2.16. The molecule has 2 aromatic rings. The average molecular weight is 363 g/mol. The van der Waals surface area contributed by atoms with Gasteiger partial charge in [-0.3, -0.25) is 14.5 Å². The van der Waals surface area contributed by atoms with E-state index in [1.54, 1.807) is 4.90 Å². The van der Waals surface area contributed by atoms with Crippen molar-refractivity contribution < 1.29 is 9.59 Å². The van der Waals surface area contributed by atoms with Crippen LogP contribution in [0, 0.1) is 0 Å². The van der Waals surface area contributed by atoms with Gasteiger partial charge >= 0.3 is 11.8 Å². The molecule has 0 radical (unpaired) electrons. The standard InChI is InChI=1S/C22H25N3O2/c26-21(23-18-20-10-5-2-6-11-20)22(27)25-16-14-24(15-17-25)13-7-12-19-8-3-1-4-9-19/h1-12H,13-18H2,(H,23,26)/b12-7+. The molecule has 0 bridgehead atoms. The first-order valence-corrected chi connectivity index (χ1v) is 9.27. The van der Waals surface area contributed by atoms with Crippen LogP contribution in [0.15, 0.2) is 66.7 Å². The number of carbonyl (C=O) groups excluding carboxylic acids is 2. The Morgan fingerprint density at radius 3 is 2.19 bits per heavy atom. The summed E-state index contributed by atoms with van der Waals surface area (Å²) in [4.78, 5) is 28.3. The Bertz CT molecular complexity index is 767. The van der Waals surface area contributed by atoms with E-state index in [0.717, 1.165) is 25.2 Å². The molecule has 140 valence electrons. The third-order valence-electron chi connectivity index (χ3n) is 4.62. The normalized spacial score (nSPS) is 15.0. The van der Waals surface area contributed by atoms with Crippen molar-refractivity contribution >= 4 is 17.9 Å². The molecule has 1 N–H and O–H groups in total. The van der Waals surface area contributed by atoms with Crippen molar-refractivity contribution in [2.24, 2.45) is 0 Å². The first kappa shape index (κ1) is 18.9. The second-order valence-corrected chi connectivity index (χ2v) is 6.57. The Labute approximate surface area is 160 Å². The van der Waals surface area contributed by atoms with Gasteiger partial charge in [0.2, 0.25) is 0 Å². The molecule has 0 aromatic heterocycles. The van der Waals surface area contributed by atoms with Gasteiger partial charge in [-0.1, -0.05) is 72.8 Å². The van der Waals surface area contributed by atoms with E-state index in [9.17, 15) is 9.59 Å². The van der Waals surface area contributed by atoms with Crippen LogP contribution >= 0.6 is 0 Å². The van der Waals surface area contributed by atoms with E-state index >= 15 is 0 Å². The Hall–Kier alpha value is -2.92. The molecule has 1 saturated heterocycles. The zero-order valence-electron chi connectivity index (χ0n) is 15.4. The number of carbonyl (C=O) groups is 2. The van der Waals surface area contributed by atoms with Crippen molar-refractivity contribution in [2.75, 3.05) is 32.7 Å². The summed E-state index contributed by atoms with van der Waals surface area (Å²) >= 11 is 0. The van der Waals surface area contributed by atoms with Crippen molar-refractivity contribution in [3.63, 3.8) is 0 Å². The summed E-state index contributed by atoms with van der Waals surface area (Å²) in [6.45, 7) is 3.92. The highest BCUT2D eigenvalue weighted by molar-refractivity contribution is 6.35. The predicted octanol–water partition coefficient (Wildman–Crippen LogP) is 2.16. The predicted molar refractivity (Wildman–Crippen MR) is 107 cm³/mol. The zero-order chi connectivity index (χ0) is 18.9. The lowest BCUT2D eigenvalue weighted by molar-refractivity contribution is -0.147. The van der Waals surface area contributed by atoms with E-state index in [2.05, 4.69) is 34.5 Å². The first-order chi connectivity index (χ1) is 13.2. The lowest BCUT2D eigenvalue weighted by Crippen LogP contribution is -2.52. The van der Waals surface area contributed by atoms with E-state index in [0.29, 0.717) is 19.6 Å². The van der Waals surface area contributed by atoms with Crippen LogP contribution in [-0.4, -0.2) is 54.3 Å². The maximum Gasteiger partial charge on any atom is 0.311 e. The SMILES string of the molecule is O=C(NCc1ccccc1)C(=O)N1CCN(C/C=C/c2ccccc2)CC1. The van der Waals surface area contributed by atoms with Gasteiger partial charge in [-0.2, -0.15) is 0 Å². The zero-order valence-corrected chi connectivity index (χ0v) is 15.4. The van der Waals surface area contributed by atoms with E-state index in [-0.39, 0.29) is 0 Å². The van der Waals surface area contributed by atoms with E-state index < -0.39 is 11.8 Å². The average Bonchev–Trinajstić information content (AvgIpc) is 2.73. The maximum atomic E-state index is 12.3. The van der Waals surface area contributed by atoms with Gasteiger partial charge in [-0.05, 0) is 11.1 Å². The molecule has 0 aliphatic carbocycles. The number of benzene rings is 2. The highest BCUT2D eigenvalue weighted by Crippen LogP contribution is 2.05. The Kier molecular flexibility index (Phi) is 6.77. The lowest BCUT2D eigenvalue weighted by atomic mass is 10.2. The molecule has 0 spiro atoms. The van der Waals surface area contributed by atoms with Gasteiger partial charge < -0.3 is 10.2 Å². The van der Waals surface area contributed by atoms with Crippen molar-refractivity contribution in [2.45, 2.75) is 6.54 Å². The van der Waals surface area contributed by atoms with E-state index in [1.807, 2.05) is 48.5 Å². The topological polar surface area (TPSA) is 52.7 Å². The van der Waals surface area contributed by atoms with Crippen molar-refractivity contribution in [1.29, 1.82) is 0 Å². The minimum absolute atomic E-state index is 0.371. The molecule has 1 heterocycles. The molecule has 3 rings (SSSR count). The number of hydrogen-bond donors (Lipinski definition) is 1. The van der Waals surface area contributed by atoms with E-state index in [1.165, 1.54) is 5.56 Å². The quantitative estimate of drug-likeness (QED) is 0.829. The van der Waals surface area contributed by atoms with Crippen LogP contribution in [0.1, 0.15) is 11.1 Å². The molecule has 27 heavy (non-hydrogen) atoms. The van der Waals surface area contributed by atoms with Crippen LogP contribution in [0.5, 0.6) is 0 Å². The summed E-state index contributed by atoms with van der Waals surface area (Å²) in [6.07, 6.45) is 4.24. The molecule has 1 aliphatic rings. The number of amides is 2. The monoisotopic (exact) mass is 363 g/mol. The van der Waals surface area contributed by atoms with Crippen molar-refractivity contribution in [3.8, 4) is 0 Å². The summed E-state index contributed by atoms with van der Waals surface area (Å²) in [5, 5.41) is 2.70. The molecule has 0 unspecified atom stereocenters. The van der Waals surface area contributed by atoms with Gasteiger partial charge in [0.25, 0.3) is 0 Å². The highest BCUT2D eigenvalue weighted by Gasteiger charge is 2.25. The number of rotatable bonds is 5. The summed E-state index contributed by atoms with van der Waals surface area (Å²) in [5.74, 6) is -0.971. The van der Waals surface area contributed by atoms with Gasteiger partial charge in [-0.15, -0.1) is 0 Å². The van der Waals surface area contributed by atoms with Gasteiger partial charge in [0.15, 0.2) is 0 Å². The second kappa shape index (κ2) is 9.69. The van der Waals surface area contributed by atoms with Gasteiger partial charge in [0.1, 0.15) is 0 Å². The molecular weight excluding hydrogens is 338 g/mol. The minimum atomic E-state index is -0.531. The molecule has 1 aliphatic heterocycles. The number of piperazine rings is 1. The molecule has 5 heteroatoms. The third-order valence-corrected chi connectivity index (χ3v) is 4.62. The minimum Gasteiger partial charge on any atom is -0.344 e. The Morgan fingerprint density at radius 1 is 0.889 bits per heavy atom. The van der Waals surface area contributed by atoms with Crippen LogP contribution in [0.3, 0.4) is 0 Å². The number of hydrogen-bond acceptors (Lipinski definition) is 3. The molecule has 0 atom stereocenters. The van der Waals surface area contributed by atoms with Crippen molar-refractivity contribution in [3.05, 3.63) is 77.9 Å². The third kappa shape index (κ3) is 5.79. The van der Waals surface area contributed by atoms with Crippen LogP contribution < -0.4 is 5.32 Å². The first-order valence-electron chi connectivity index (χ1n) is 9.27. The lowest BCUT2D eigenvalue weighted by Gasteiger charge is -2.33. The molecule has 2 aromatic carbocycles. The number of nitrogens with zero attached hydrogens (tertiary/aromatic N) is 2. The fourth-order valence-corrected chi connectivity index (χ4v) is 3.03. The fraction of sp³-hybridized carbons (Fsp3) is 0.273. The number of nitrogens with one attached hydrogen (secondary N) is 1. The van der Waals surface area contributed by atoms with Crippen LogP contribution in [-0.2, 0) is 16.1 Å². The molecule has 1 fully saturated rings. The fourth-order valence-electron chi connectivity index (χ4n) is 3.03. The second-order valence-electron chi connectivity index (χ2n) is 6.57. The van der Waals surface area contributed by atoms with Crippen molar-refractivity contribution in [1.82, 2.24) is 15.1 Å². The largest absolute Gasteiger partial charge is 0.344 e. The van der Waals surface area contributed by atoms with Gasteiger partial charge in [-0.25, -0.2) is 0 Å². The maximum absolute atomic E-state index is 12.3. The van der Waals surface area contributed by atoms with Crippen LogP contribution in [0.25, 0.3) is 6.08 Å². The smallest absolute Gasteiger partial charge is 0.311 e. The summed E-state index contributed by atoms with van der Waals surface area (Å²) < 4.78 is 0. The Morgan fingerprint density at radius 2 is 1.52 bits per heavy atom.